The molecular formula is C20H21F2NO3S. The lowest BCUT2D eigenvalue weighted by Crippen LogP contribution is -2.36. The highest BCUT2D eigenvalue weighted by Crippen LogP contribution is 2.35. The van der Waals surface area contributed by atoms with Crippen LogP contribution in [0.2, 0.25) is 0 Å². The molecule has 7 heteroatoms. The fourth-order valence-electron chi connectivity index (χ4n) is 2.41. The highest BCUT2D eigenvalue weighted by molar-refractivity contribution is 8.00. The Morgan fingerprint density at radius 1 is 1.00 bits per heavy atom. The van der Waals surface area contributed by atoms with Crippen LogP contribution in [0.15, 0.2) is 48.5 Å². The first-order chi connectivity index (χ1) is 12.9. The van der Waals surface area contributed by atoms with Gasteiger partial charge in [-0.05, 0) is 49.2 Å². The summed E-state index contributed by atoms with van der Waals surface area (Å²) in [6, 6.07) is 11.8. The normalized spacial score (nSPS) is 11.9. The van der Waals surface area contributed by atoms with Crippen molar-refractivity contribution in [2.45, 2.75) is 25.2 Å². The lowest BCUT2D eigenvalue weighted by Gasteiger charge is -2.18. The largest absolute Gasteiger partial charge is 0.452 e. The Bertz CT molecular complexity index is 720. The summed E-state index contributed by atoms with van der Waals surface area (Å²) >= 11 is 1.26. The summed E-state index contributed by atoms with van der Waals surface area (Å²) in [7, 11) is 0. The molecule has 0 bridgehead atoms. The molecule has 0 saturated heterocycles. The van der Waals surface area contributed by atoms with Gasteiger partial charge in [-0.15, -0.1) is 11.8 Å². The van der Waals surface area contributed by atoms with Crippen LogP contribution in [0.25, 0.3) is 0 Å². The Balaban J connectivity index is 2.08. The molecule has 0 fully saturated rings. The number of hydrogen-bond donors (Lipinski definition) is 1. The summed E-state index contributed by atoms with van der Waals surface area (Å²) in [5.41, 5.74) is 1.55. The van der Waals surface area contributed by atoms with Crippen LogP contribution in [-0.4, -0.2) is 30.3 Å². The van der Waals surface area contributed by atoms with Crippen molar-refractivity contribution in [3.63, 3.8) is 0 Å². The molecule has 4 nitrogen and oxygen atoms in total. The number of carbonyl (C=O) groups excluding carboxylic acids is 2. The number of benzene rings is 2. The van der Waals surface area contributed by atoms with E-state index in [0.717, 1.165) is 11.1 Å². The third-order valence-corrected chi connectivity index (χ3v) is 5.02. The van der Waals surface area contributed by atoms with E-state index in [-0.39, 0.29) is 28.5 Å². The fraction of sp³-hybridized carbons (Fsp3) is 0.300. The standard InChI is InChI=1S/C20H21F2NO3S/c1-3-23-20(25)13(2)26-18(24)12-27-19(14-4-8-16(21)9-5-14)15-6-10-17(22)11-7-15/h4-11,13,19H,3,12H2,1-2H3,(H,23,25)/t13-/m1/s1. The van der Waals surface area contributed by atoms with Crippen LogP contribution >= 0.6 is 11.8 Å². The second-order valence-electron chi connectivity index (χ2n) is 5.82. The molecule has 0 aliphatic rings. The van der Waals surface area contributed by atoms with Crippen molar-refractivity contribution in [1.29, 1.82) is 0 Å². The third-order valence-electron chi connectivity index (χ3n) is 3.74. The number of thioether (sulfide) groups is 1. The summed E-state index contributed by atoms with van der Waals surface area (Å²) in [6.45, 7) is 3.73. The predicted molar refractivity (Wildman–Crippen MR) is 101 cm³/mol. The molecule has 1 atom stereocenters. The average Bonchev–Trinajstić information content (AvgIpc) is 2.64. The number of esters is 1. The quantitative estimate of drug-likeness (QED) is 0.692. The molecule has 27 heavy (non-hydrogen) atoms. The molecule has 0 radical (unpaired) electrons. The third kappa shape index (κ3) is 6.36. The van der Waals surface area contributed by atoms with Crippen LogP contribution in [0.1, 0.15) is 30.2 Å². The molecule has 144 valence electrons. The zero-order valence-corrected chi connectivity index (χ0v) is 15.9. The number of ether oxygens (including phenoxy) is 1. The molecule has 0 aliphatic heterocycles. The van der Waals surface area contributed by atoms with Crippen molar-refractivity contribution in [2.75, 3.05) is 12.3 Å². The summed E-state index contributed by atoms with van der Waals surface area (Å²) in [5.74, 6) is -1.63. The molecule has 0 saturated carbocycles. The number of carbonyl (C=O) groups is 2. The molecule has 0 aliphatic carbocycles. The minimum absolute atomic E-state index is 0.0107. The molecular weight excluding hydrogens is 372 g/mol. The van der Waals surface area contributed by atoms with Gasteiger partial charge < -0.3 is 10.1 Å². The van der Waals surface area contributed by atoms with Gasteiger partial charge in [-0.2, -0.15) is 0 Å². The van der Waals surface area contributed by atoms with Crippen LogP contribution in [0.3, 0.4) is 0 Å². The Kier molecular flexibility index (Phi) is 7.79. The van der Waals surface area contributed by atoms with Gasteiger partial charge in [0.25, 0.3) is 5.91 Å². The number of hydrogen-bond acceptors (Lipinski definition) is 4. The second-order valence-corrected chi connectivity index (χ2v) is 6.91. The molecule has 2 aromatic rings. The second kappa shape index (κ2) is 10.1. The van der Waals surface area contributed by atoms with Gasteiger partial charge in [-0.25, -0.2) is 8.78 Å². The van der Waals surface area contributed by atoms with Crippen LogP contribution < -0.4 is 5.32 Å². The maximum atomic E-state index is 13.2. The number of halogens is 2. The van der Waals surface area contributed by atoms with Gasteiger partial charge in [0.2, 0.25) is 0 Å². The van der Waals surface area contributed by atoms with E-state index in [2.05, 4.69) is 5.32 Å². The number of amides is 1. The monoisotopic (exact) mass is 393 g/mol. The molecule has 0 heterocycles. The molecule has 1 amide bonds. The first-order valence-electron chi connectivity index (χ1n) is 8.50. The van der Waals surface area contributed by atoms with Gasteiger partial charge in [-0.1, -0.05) is 24.3 Å². The highest BCUT2D eigenvalue weighted by Gasteiger charge is 2.20. The van der Waals surface area contributed by atoms with Gasteiger partial charge in [-0.3, -0.25) is 9.59 Å². The van der Waals surface area contributed by atoms with E-state index >= 15 is 0 Å². The van der Waals surface area contributed by atoms with Gasteiger partial charge in [0.15, 0.2) is 6.10 Å². The number of nitrogens with one attached hydrogen (secondary N) is 1. The number of likely N-dealkylation sites (N-methyl/N-ethyl adjacent to an activating group) is 1. The van der Waals surface area contributed by atoms with Gasteiger partial charge in [0.1, 0.15) is 11.6 Å². The Morgan fingerprint density at radius 2 is 1.48 bits per heavy atom. The van der Waals surface area contributed by atoms with E-state index in [1.54, 1.807) is 31.2 Å². The first-order valence-corrected chi connectivity index (χ1v) is 9.55. The minimum atomic E-state index is -0.881. The predicted octanol–water partition coefficient (Wildman–Crippen LogP) is 3.86. The van der Waals surface area contributed by atoms with E-state index in [1.807, 2.05) is 0 Å². The first kappa shape index (κ1) is 20.9. The van der Waals surface area contributed by atoms with Crippen molar-refractivity contribution in [2.24, 2.45) is 0 Å². The van der Waals surface area contributed by atoms with E-state index in [1.165, 1.54) is 43.0 Å². The Morgan fingerprint density at radius 3 is 1.93 bits per heavy atom. The van der Waals surface area contributed by atoms with Crippen molar-refractivity contribution >= 4 is 23.6 Å². The summed E-state index contributed by atoms with van der Waals surface area (Å²) in [4.78, 5) is 23.8. The maximum Gasteiger partial charge on any atom is 0.316 e. The Labute approximate surface area is 161 Å². The van der Waals surface area contributed by atoms with E-state index in [9.17, 15) is 18.4 Å². The smallest absolute Gasteiger partial charge is 0.316 e. The van der Waals surface area contributed by atoms with Crippen molar-refractivity contribution in [1.82, 2.24) is 5.32 Å². The van der Waals surface area contributed by atoms with Crippen LogP contribution in [0.4, 0.5) is 8.78 Å². The van der Waals surface area contributed by atoms with Crippen molar-refractivity contribution in [3.8, 4) is 0 Å². The van der Waals surface area contributed by atoms with Gasteiger partial charge in [0.05, 0.1) is 11.0 Å². The van der Waals surface area contributed by atoms with Gasteiger partial charge in [0, 0.05) is 6.54 Å². The summed E-state index contributed by atoms with van der Waals surface area (Å²) < 4.78 is 31.6. The van der Waals surface area contributed by atoms with Crippen LogP contribution in [0, 0.1) is 11.6 Å². The highest BCUT2D eigenvalue weighted by atomic mass is 32.2. The average molecular weight is 393 g/mol. The molecule has 0 aromatic heterocycles. The zero-order chi connectivity index (χ0) is 19.8. The Hall–Kier alpha value is -2.41. The van der Waals surface area contributed by atoms with Gasteiger partial charge >= 0.3 is 5.97 Å². The number of rotatable bonds is 8. The molecule has 2 aromatic carbocycles. The van der Waals surface area contributed by atoms with E-state index < -0.39 is 12.1 Å². The SMILES string of the molecule is CCNC(=O)[C@@H](C)OC(=O)CSC(c1ccc(F)cc1)c1ccc(F)cc1. The lowest BCUT2D eigenvalue weighted by molar-refractivity contribution is -0.152. The molecule has 1 N–H and O–H groups in total. The zero-order valence-electron chi connectivity index (χ0n) is 15.1. The summed E-state index contributed by atoms with van der Waals surface area (Å²) in [6.07, 6.45) is -0.881. The summed E-state index contributed by atoms with van der Waals surface area (Å²) in [5, 5.41) is 2.28. The maximum absolute atomic E-state index is 13.2. The van der Waals surface area contributed by atoms with Crippen molar-refractivity contribution in [3.05, 3.63) is 71.3 Å². The molecule has 2 rings (SSSR count). The minimum Gasteiger partial charge on any atom is -0.452 e. The topological polar surface area (TPSA) is 55.4 Å². The van der Waals surface area contributed by atoms with E-state index in [0.29, 0.717) is 6.54 Å². The lowest BCUT2D eigenvalue weighted by atomic mass is 10.0. The van der Waals surface area contributed by atoms with Crippen LogP contribution in [0.5, 0.6) is 0 Å². The van der Waals surface area contributed by atoms with Crippen LogP contribution in [-0.2, 0) is 14.3 Å². The molecule has 0 unspecified atom stereocenters. The van der Waals surface area contributed by atoms with E-state index in [4.69, 9.17) is 4.74 Å². The molecule has 0 spiro atoms. The fourth-order valence-corrected chi connectivity index (χ4v) is 3.48. The van der Waals surface area contributed by atoms with Crippen molar-refractivity contribution < 1.29 is 23.1 Å².